The number of benzene rings is 1. The van der Waals surface area contributed by atoms with Crippen molar-refractivity contribution in [3.05, 3.63) is 30.3 Å². The van der Waals surface area contributed by atoms with Crippen LogP contribution in [0.3, 0.4) is 0 Å². The molecule has 2 heteroatoms. The summed E-state index contributed by atoms with van der Waals surface area (Å²) in [6.45, 7) is 9.02. The summed E-state index contributed by atoms with van der Waals surface area (Å²) >= 11 is 0. The van der Waals surface area contributed by atoms with Crippen LogP contribution in [0.2, 0.25) is 0 Å². The van der Waals surface area contributed by atoms with E-state index in [4.69, 9.17) is 9.47 Å². The van der Waals surface area contributed by atoms with Gasteiger partial charge in [-0.2, -0.15) is 0 Å². The Morgan fingerprint density at radius 1 is 1.33 bits per heavy atom. The van der Waals surface area contributed by atoms with Crippen LogP contribution in [0.4, 0.5) is 0 Å². The molecule has 0 aliphatic rings. The van der Waals surface area contributed by atoms with E-state index in [9.17, 15) is 0 Å². The summed E-state index contributed by atoms with van der Waals surface area (Å²) in [5.41, 5.74) is 0.987. The van der Waals surface area contributed by atoms with Crippen molar-refractivity contribution < 1.29 is 9.47 Å². The molecule has 0 aliphatic heterocycles. The first kappa shape index (κ1) is 14.6. The molecule has 0 spiro atoms. The van der Waals surface area contributed by atoms with Gasteiger partial charge in [-0.05, 0) is 30.5 Å². The second-order valence-corrected chi connectivity index (χ2v) is 4.48. The van der Waals surface area contributed by atoms with Crippen LogP contribution in [-0.2, 0) is 0 Å². The molecule has 1 aromatic rings. The average Bonchev–Trinajstić information content (AvgIpc) is 2.43. The maximum atomic E-state index is 5.91. The molecule has 100 valence electrons. The van der Waals surface area contributed by atoms with Crippen molar-refractivity contribution in [2.24, 2.45) is 5.92 Å². The zero-order valence-corrected chi connectivity index (χ0v) is 11.7. The topological polar surface area (TPSA) is 18.5 Å². The predicted octanol–water partition coefficient (Wildman–Crippen LogP) is 4.54. The number of ether oxygens (including phenoxy) is 2. The molecule has 0 fully saturated rings. The highest BCUT2D eigenvalue weighted by Gasteiger charge is 2.08. The van der Waals surface area contributed by atoms with Gasteiger partial charge in [0.15, 0.2) is 0 Å². The molecule has 2 nitrogen and oxygen atoms in total. The second kappa shape index (κ2) is 7.80. The first-order valence-corrected chi connectivity index (χ1v) is 6.68. The van der Waals surface area contributed by atoms with Crippen LogP contribution in [0.25, 0.3) is 6.08 Å². The number of hydrogen-bond donors (Lipinski definition) is 0. The van der Waals surface area contributed by atoms with Crippen LogP contribution in [0.5, 0.6) is 11.5 Å². The van der Waals surface area contributed by atoms with E-state index in [2.05, 4.69) is 20.4 Å². The maximum Gasteiger partial charge on any atom is 0.126 e. The molecule has 18 heavy (non-hydrogen) atoms. The SMILES string of the molecule is C=Cc1cc(OC)ccc1OCC(CC)CCC. The lowest BCUT2D eigenvalue weighted by atomic mass is 10.0. The van der Waals surface area contributed by atoms with Crippen molar-refractivity contribution >= 4 is 6.08 Å². The van der Waals surface area contributed by atoms with Gasteiger partial charge < -0.3 is 9.47 Å². The van der Waals surface area contributed by atoms with Crippen molar-refractivity contribution in [3.8, 4) is 11.5 Å². The molecule has 0 aliphatic carbocycles. The van der Waals surface area contributed by atoms with Crippen LogP contribution in [0, 0.1) is 5.92 Å². The van der Waals surface area contributed by atoms with Gasteiger partial charge in [0.2, 0.25) is 0 Å². The lowest BCUT2D eigenvalue weighted by Crippen LogP contribution is -2.11. The fraction of sp³-hybridized carbons (Fsp3) is 0.500. The number of rotatable bonds is 8. The van der Waals surface area contributed by atoms with Crippen molar-refractivity contribution in [2.75, 3.05) is 13.7 Å². The monoisotopic (exact) mass is 248 g/mol. The van der Waals surface area contributed by atoms with Gasteiger partial charge in [0.05, 0.1) is 13.7 Å². The average molecular weight is 248 g/mol. The van der Waals surface area contributed by atoms with Crippen LogP contribution in [0.15, 0.2) is 24.8 Å². The van der Waals surface area contributed by atoms with Gasteiger partial charge in [-0.3, -0.25) is 0 Å². The molecular weight excluding hydrogens is 224 g/mol. The van der Waals surface area contributed by atoms with Crippen molar-refractivity contribution in [2.45, 2.75) is 33.1 Å². The molecular formula is C16H24O2. The summed E-state index contributed by atoms with van der Waals surface area (Å²) in [7, 11) is 1.66. The summed E-state index contributed by atoms with van der Waals surface area (Å²) in [6.07, 6.45) is 5.39. The normalized spacial score (nSPS) is 11.9. The summed E-state index contributed by atoms with van der Waals surface area (Å²) in [6, 6.07) is 5.82. The minimum Gasteiger partial charge on any atom is -0.497 e. The highest BCUT2D eigenvalue weighted by atomic mass is 16.5. The molecule has 1 rings (SSSR count). The molecule has 0 heterocycles. The molecule has 0 N–H and O–H groups in total. The van der Waals surface area contributed by atoms with E-state index >= 15 is 0 Å². The molecule has 0 aromatic heterocycles. The molecule has 1 unspecified atom stereocenters. The Hall–Kier alpha value is -1.44. The summed E-state index contributed by atoms with van der Waals surface area (Å²) in [5.74, 6) is 2.35. The van der Waals surface area contributed by atoms with Crippen molar-refractivity contribution in [1.82, 2.24) is 0 Å². The minimum atomic E-state index is 0.634. The predicted molar refractivity (Wildman–Crippen MR) is 77.3 cm³/mol. The van der Waals surface area contributed by atoms with Crippen LogP contribution in [0.1, 0.15) is 38.7 Å². The van der Waals surface area contributed by atoms with Gasteiger partial charge in [-0.15, -0.1) is 0 Å². The Labute approximate surface area is 111 Å². The molecule has 0 saturated carbocycles. The van der Waals surface area contributed by atoms with E-state index in [1.165, 1.54) is 12.8 Å². The Kier molecular flexibility index (Phi) is 6.34. The first-order valence-electron chi connectivity index (χ1n) is 6.68. The van der Waals surface area contributed by atoms with Crippen LogP contribution >= 0.6 is 0 Å². The zero-order valence-electron chi connectivity index (χ0n) is 11.7. The van der Waals surface area contributed by atoms with E-state index in [1.807, 2.05) is 18.2 Å². The quantitative estimate of drug-likeness (QED) is 0.672. The molecule has 0 saturated heterocycles. The molecule has 0 radical (unpaired) electrons. The third kappa shape index (κ3) is 4.10. The van der Waals surface area contributed by atoms with E-state index in [0.29, 0.717) is 5.92 Å². The highest BCUT2D eigenvalue weighted by Crippen LogP contribution is 2.26. The summed E-state index contributed by atoms with van der Waals surface area (Å²) < 4.78 is 11.1. The van der Waals surface area contributed by atoms with Crippen molar-refractivity contribution in [1.29, 1.82) is 0 Å². The van der Waals surface area contributed by atoms with E-state index < -0.39 is 0 Å². The standard InChI is InChI=1S/C16H24O2/c1-5-8-13(6-2)12-18-16-10-9-15(17-4)11-14(16)7-3/h7,9-11,13H,3,5-6,8,12H2,1-2,4H3. The van der Waals surface area contributed by atoms with Gasteiger partial charge in [-0.25, -0.2) is 0 Å². The lowest BCUT2D eigenvalue weighted by Gasteiger charge is -2.16. The Bertz CT molecular complexity index is 371. The fourth-order valence-electron chi connectivity index (χ4n) is 1.97. The fourth-order valence-corrected chi connectivity index (χ4v) is 1.97. The van der Waals surface area contributed by atoms with Crippen molar-refractivity contribution in [3.63, 3.8) is 0 Å². The van der Waals surface area contributed by atoms with Gasteiger partial charge in [-0.1, -0.05) is 39.3 Å². The smallest absolute Gasteiger partial charge is 0.126 e. The van der Waals surface area contributed by atoms with E-state index in [-0.39, 0.29) is 0 Å². The second-order valence-electron chi connectivity index (χ2n) is 4.48. The Morgan fingerprint density at radius 3 is 2.67 bits per heavy atom. The Morgan fingerprint density at radius 2 is 2.11 bits per heavy atom. The maximum absolute atomic E-state index is 5.91. The highest BCUT2D eigenvalue weighted by molar-refractivity contribution is 5.58. The van der Waals surface area contributed by atoms with Gasteiger partial charge in [0.25, 0.3) is 0 Å². The zero-order chi connectivity index (χ0) is 13.4. The van der Waals surface area contributed by atoms with E-state index in [0.717, 1.165) is 30.1 Å². The molecule has 1 aromatic carbocycles. The molecule has 0 amide bonds. The molecule has 0 bridgehead atoms. The number of hydrogen-bond acceptors (Lipinski definition) is 2. The van der Waals surface area contributed by atoms with Crippen LogP contribution < -0.4 is 9.47 Å². The van der Waals surface area contributed by atoms with Crippen LogP contribution in [-0.4, -0.2) is 13.7 Å². The molecule has 1 atom stereocenters. The Balaban J connectivity index is 2.68. The summed E-state index contributed by atoms with van der Waals surface area (Å²) in [5, 5.41) is 0. The minimum absolute atomic E-state index is 0.634. The van der Waals surface area contributed by atoms with E-state index in [1.54, 1.807) is 13.2 Å². The largest absolute Gasteiger partial charge is 0.497 e. The third-order valence-corrected chi connectivity index (χ3v) is 3.19. The summed E-state index contributed by atoms with van der Waals surface area (Å²) in [4.78, 5) is 0. The van der Waals surface area contributed by atoms with Gasteiger partial charge in [0.1, 0.15) is 11.5 Å². The lowest BCUT2D eigenvalue weighted by molar-refractivity contribution is 0.234. The first-order chi connectivity index (χ1) is 8.74. The number of methoxy groups -OCH3 is 1. The van der Waals surface area contributed by atoms with Gasteiger partial charge in [0, 0.05) is 5.56 Å². The van der Waals surface area contributed by atoms with Gasteiger partial charge >= 0.3 is 0 Å². The third-order valence-electron chi connectivity index (χ3n) is 3.19.